The predicted octanol–water partition coefficient (Wildman–Crippen LogP) is 1.58. The lowest BCUT2D eigenvalue weighted by molar-refractivity contribution is -0.456. The molecule has 0 radical (unpaired) electrons. The highest BCUT2D eigenvalue weighted by Gasteiger charge is 2.41. The molecule has 9 heteroatoms. The van der Waals surface area contributed by atoms with Gasteiger partial charge in [0, 0.05) is 19.9 Å². The number of hydrogen-bond donors (Lipinski definition) is 0. The maximum Gasteiger partial charge on any atom is 0.303 e. The van der Waals surface area contributed by atoms with Gasteiger partial charge in [-0.3, -0.25) is 19.7 Å². The van der Waals surface area contributed by atoms with Crippen molar-refractivity contribution in [2.75, 3.05) is 6.61 Å². The molecule has 140 valence electrons. The summed E-state index contributed by atoms with van der Waals surface area (Å²) in [6, 6.07) is 9.06. The summed E-state index contributed by atoms with van der Waals surface area (Å²) in [5, 5.41) is 11.3. The highest BCUT2D eigenvalue weighted by molar-refractivity contribution is 5.66. The summed E-state index contributed by atoms with van der Waals surface area (Å²) in [5.41, 5.74) is 0.420. The number of rotatable bonds is 7. The van der Waals surface area contributed by atoms with Gasteiger partial charge in [-0.2, -0.15) is 0 Å². The van der Waals surface area contributed by atoms with E-state index in [1.165, 1.54) is 13.8 Å². The first-order valence-electron chi connectivity index (χ1n) is 7.84. The molecule has 1 aromatic carbocycles. The average Bonchev–Trinajstić information content (AvgIpc) is 2.59. The lowest BCUT2D eigenvalue weighted by Crippen LogP contribution is -2.45. The lowest BCUT2D eigenvalue weighted by Gasteiger charge is -2.31. The number of carbonyl (C=O) groups is 2. The van der Waals surface area contributed by atoms with E-state index in [9.17, 15) is 19.7 Å². The van der Waals surface area contributed by atoms with E-state index in [0.717, 1.165) is 11.6 Å². The summed E-state index contributed by atoms with van der Waals surface area (Å²) in [7, 11) is 0. The minimum absolute atomic E-state index is 0.0786. The second-order valence-corrected chi connectivity index (χ2v) is 5.53. The normalized spacial score (nSPS) is 22.2. The van der Waals surface area contributed by atoms with Crippen LogP contribution in [-0.4, -0.2) is 42.0 Å². The molecule has 26 heavy (non-hydrogen) atoms. The van der Waals surface area contributed by atoms with Gasteiger partial charge in [0.1, 0.15) is 12.7 Å². The number of nitrogens with zero attached hydrogens (tertiary/aromatic N) is 1. The molecule has 0 amide bonds. The van der Waals surface area contributed by atoms with Gasteiger partial charge in [-0.15, -0.1) is 0 Å². The van der Waals surface area contributed by atoms with Gasteiger partial charge >= 0.3 is 17.6 Å². The molecule has 3 atom stereocenters. The topological polar surface area (TPSA) is 114 Å². The van der Waals surface area contributed by atoms with Gasteiger partial charge in [-0.05, 0) is 5.56 Å². The van der Waals surface area contributed by atoms with Crippen LogP contribution < -0.4 is 0 Å². The molecule has 1 aliphatic heterocycles. The molecule has 0 aromatic heterocycles. The van der Waals surface area contributed by atoms with Crippen LogP contribution in [0.4, 0.5) is 0 Å². The molecule has 2 rings (SSSR count). The number of esters is 2. The minimum Gasteiger partial charge on any atom is -0.463 e. The van der Waals surface area contributed by atoms with Crippen LogP contribution in [0.1, 0.15) is 19.4 Å². The van der Waals surface area contributed by atoms with E-state index in [1.807, 2.05) is 18.2 Å². The van der Waals surface area contributed by atoms with Crippen molar-refractivity contribution in [3.05, 3.63) is 57.8 Å². The molecule has 9 nitrogen and oxygen atoms in total. The molecule has 0 aliphatic carbocycles. The van der Waals surface area contributed by atoms with E-state index in [1.54, 1.807) is 12.1 Å². The third-order valence-electron chi connectivity index (χ3n) is 3.45. The molecular weight excluding hydrogens is 346 g/mol. The van der Waals surface area contributed by atoms with Gasteiger partial charge in [0.15, 0.2) is 6.10 Å². The third-order valence-corrected chi connectivity index (χ3v) is 3.45. The monoisotopic (exact) mass is 365 g/mol. The summed E-state index contributed by atoms with van der Waals surface area (Å²) in [5.74, 6) is -1.20. The van der Waals surface area contributed by atoms with Crippen LogP contribution in [0.5, 0.6) is 0 Å². The third kappa shape index (κ3) is 5.64. The number of carbonyl (C=O) groups excluding carboxylic acids is 2. The van der Waals surface area contributed by atoms with Crippen molar-refractivity contribution in [2.24, 2.45) is 0 Å². The number of nitro groups is 1. The fourth-order valence-electron chi connectivity index (χ4n) is 2.31. The summed E-state index contributed by atoms with van der Waals surface area (Å²) in [6.45, 7) is 2.22. The Morgan fingerprint density at radius 2 is 1.88 bits per heavy atom. The van der Waals surface area contributed by atoms with Crippen LogP contribution in [0.3, 0.4) is 0 Å². The SMILES string of the molecule is CC(=O)OC[C@H]1O[C@H](OCc2ccccc2)C([N+](=O)[O-])=C[C@H]1OC(C)=O. The highest BCUT2D eigenvalue weighted by Crippen LogP contribution is 2.25. The largest absolute Gasteiger partial charge is 0.463 e. The standard InChI is InChI=1S/C17H19NO8/c1-11(19)23-10-16-15(25-12(2)20)8-14(18(21)22)17(26-16)24-9-13-6-4-3-5-7-13/h3-8,15-17H,9-10H2,1-2H3/t15-,16-,17+/m1/s1. The second kappa shape index (κ2) is 9.07. The first kappa shape index (κ1) is 19.5. The van der Waals surface area contributed by atoms with Gasteiger partial charge in [0.25, 0.3) is 6.29 Å². The van der Waals surface area contributed by atoms with E-state index in [4.69, 9.17) is 18.9 Å². The Balaban J connectivity index is 2.17. The fraction of sp³-hybridized carbons (Fsp3) is 0.412. The predicted molar refractivity (Wildman–Crippen MR) is 87.2 cm³/mol. The maximum atomic E-state index is 11.3. The van der Waals surface area contributed by atoms with Gasteiger partial charge in [-0.25, -0.2) is 0 Å². The molecular formula is C17H19NO8. The van der Waals surface area contributed by atoms with Crippen molar-refractivity contribution in [1.29, 1.82) is 0 Å². The van der Waals surface area contributed by atoms with Gasteiger partial charge in [0.2, 0.25) is 0 Å². The Bertz CT molecular complexity index is 687. The van der Waals surface area contributed by atoms with E-state index in [2.05, 4.69) is 0 Å². The Morgan fingerprint density at radius 3 is 2.46 bits per heavy atom. The van der Waals surface area contributed by atoms with Crippen molar-refractivity contribution < 1.29 is 33.5 Å². The van der Waals surface area contributed by atoms with Crippen LogP contribution in [0.15, 0.2) is 42.1 Å². The van der Waals surface area contributed by atoms with Gasteiger partial charge < -0.3 is 18.9 Å². The average molecular weight is 365 g/mol. The van der Waals surface area contributed by atoms with Crippen LogP contribution in [-0.2, 0) is 35.1 Å². The molecule has 0 saturated heterocycles. The number of ether oxygens (including phenoxy) is 4. The molecule has 1 heterocycles. The smallest absolute Gasteiger partial charge is 0.303 e. The van der Waals surface area contributed by atoms with Crippen molar-refractivity contribution in [2.45, 2.75) is 39.0 Å². The van der Waals surface area contributed by atoms with E-state index < -0.39 is 35.4 Å². The molecule has 1 aliphatic rings. The van der Waals surface area contributed by atoms with E-state index >= 15 is 0 Å². The summed E-state index contributed by atoms with van der Waals surface area (Å²) in [6.07, 6.45) is -2.14. The lowest BCUT2D eigenvalue weighted by atomic mass is 10.1. The fourth-order valence-corrected chi connectivity index (χ4v) is 2.31. The summed E-state index contributed by atoms with van der Waals surface area (Å²) < 4.78 is 21.0. The molecule has 0 N–H and O–H groups in total. The van der Waals surface area contributed by atoms with E-state index in [0.29, 0.717) is 0 Å². The molecule has 0 unspecified atom stereocenters. The van der Waals surface area contributed by atoms with Crippen molar-refractivity contribution in [3.63, 3.8) is 0 Å². The highest BCUT2D eigenvalue weighted by atomic mass is 16.7. The second-order valence-electron chi connectivity index (χ2n) is 5.53. The van der Waals surface area contributed by atoms with Gasteiger partial charge in [0.05, 0.1) is 11.5 Å². The minimum atomic E-state index is -1.29. The van der Waals surface area contributed by atoms with Crippen LogP contribution in [0, 0.1) is 10.1 Å². The zero-order valence-corrected chi connectivity index (χ0v) is 14.3. The summed E-state index contributed by atoms with van der Waals surface area (Å²) in [4.78, 5) is 33.0. The van der Waals surface area contributed by atoms with Crippen LogP contribution in [0.2, 0.25) is 0 Å². The number of hydrogen-bond acceptors (Lipinski definition) is 8. The van der Waals surface area contributed by atoms with Crippen LogP contribution in [0.25, 0.3) is 0 Å². The zero-order valence-electron chi connectivity index (χ0n) is 14.3. The van der Waals surface area contributed by atoms with Crippen molar-refractivity contribution >= 4 is 11.9 Å². The molecule has 0 fully saturated rings. The first-order valence-corrected chi connectivity index (χ1v) is 7.84. The molecule has 0 spiro atoms. The molecule has 0 bridgehead atoms. The van der Waals surface area contributed by atoms with E-state index in [-0.39, 0.29) is 18.9 Å². The van der Waals surface area contributed by atoms with Gasteiger partial charge in [-0.1, -0.05) is 30.3 Å². The molecule has 1 aromatic rings. The Labute approximate surface area is 149 Å². The quantitative estimate of drug-likeness (QED) is 0.406. The zero-order chi connectivity index (χ0) is 19.1. The Hall–Kier alpha value is -2.78. The first-order chi connectivity index (χ1) is 12.4. The maximum absolute atomic E-state index is 11.3. The molecule has 0 saturated carbocycles. The Kier molecular flexibility index (Phi) is 6.81. The summed E-state index contributed by atoms with van der Waals surface area (Å²) >= 11 is 0. The number of benzene rings is 1. The van der Waals surface area contributed by atoms with Crippen molar-refractivity contribution in [3.8, 4) is 0 Å². The van der Waals surface area contributed by atoms with Crippen molar-refractivity contribution in [1.82, 2.24) is 0 Å². The Morgan fingerprint density at radius 1 is 1.19 bits per heavy atom. The van der Waals surface area contributed by atoms with Crippen LogP contribution >= 0.6 is 0 Å².